The number of hydrazine groups is 1. The van der Waals surface area contributed by atoms with Crippen LogP contribution in [0.3, 0.4) is 0 Å². The molecule has 2 heterocycles. The standard InChI is InChI=1S/C64H96N16O14/c1-5-50(82)40-77-25-23-76(39-45(2)3)24-27-78(28-30-79(29-26-77)42-59(88)89)41-56(85)69-22-31-93-32-33-94-43-57(86)71-37-55(84)68-20-9-13-54-62(92)73-52(12-8-21-70-63(65)66)61(91)74-53(35-47-14-17-48-10-6-7-11-49(48)34-47)60(90)72-38-58(87)80(67)64(44-81,75(54)4)36-46-15-18-51(83)19-16-46/h6-7,10-11,14-19,34,44,52-54,83H,2,5,8-9,12-13,20-33,35-43,67H2,1,3-4H3,(H,68,84)(H,69,85)(H,71,86)(H,72,90)(H,73,92)(H,74,91)(H,88,89)(H4,65,66,70). The van der Waals surface area contributed by atoms with Crippen molar-refractivity contribution in [1.29, 1.82) is 0 Å². The first-order valence-electron chi connectivity index (χ1n) is 31.7. The highest BCUT2D eigenvalue weighted by atomic mass is 16.5. The van der Waals surface area contributed by atoms with Crippen LogP contribution in [0.5, 0.6) is 5.75 Å². The number of ether oxygens (including phenoxy) is 2. The molecule has 0 bridgehead atoms. The van der Waals surface area contributed by atoms with Crippen LogP contribution in [0.1, 0.15) is 57.1 Å². The van der Waals surface area contributed by atoms with Crippen molar-refractivity contribution < 1.29 is 67.6 Å². The maximum Gasteiger partial charge on any atom is 0.317 e. The molecule has 2 saturated heterocycles. The minimum Gasteiger partial charge on any atom is -0.508 e. The first-order valence-corrected chi connectivity index (χ1v) is 31.7. The second-order valence-corrected chi connectivity index (χ2v) is 23.5. The van der Waals surface area contributed by atoms with Gasteiger partial charge in [0, 0.05) is 97.8 Å². The summed E-state index contributed by atoms with van der Waals surface area (Å²) < 4.78 is 11.0. The van der Waals surface area contributed by atoms with E-state index < -0.39 is 84.9 Å². The average Bonchev–Trinajstić information content (AvgIpc) is 0.775. The molecule has 0 saturated carbocycles. The number of nitrogens with zero attached hydrogens (tertiary/aromatic N) is 7. The molecule has 2 aliphatic rings. The molecule has 7 amide bonds. The first-order chi connectivity index (χ1) is 45.0. The molecule has 0 aromatic heterocycles. The summed E-state index contributed by atoms with van der Waals surface area (Å²) in [5.41, 5.74) is 11.1. The van der Waals surface area contributed by atoms with Gasteiger partial charge in [0.1, 0.15) is 30.2 Å². The van der Waals surface area contributed by atoms with E-state index in [1.165, 1.54) is 36.2 Å². The predicted octanol–water partition coefficient (Wildman–Crippen LogP) is -2.60. The number of aliphatic carboxylic acids is 1. The molecule has 0 spiro atoms. The van der Waals surface area contributed by atoms with Crippen LogP contribution in [-0.2, 0) is 70.3 Å². The number of hydrogen-bond acceptors (Lipinski definition) is 20. The largest absolute Gasteiger partial charge is 0.508 e. The number of nitrogens with two attached hydrogens (primary N) is 3. The highest BCUT2D eigenvalue weighted by Crippen LogP contribution is 2.27. The molecular formula is C64H96N16O14. The lowest BCUT2D eigenvalue weighted by Crippen LogP contribution is -2.71. The van der Waals surface area contributed by atoms with Crippen LogP contribution in [0.4, 0.5) is 0 Å². The molecule has 4 unspecified atom stereocenters. The van der Waals surface area contributed by atoms with Crippen LogP contribution < -0.4 is 49.2 Å². The van der Waals surface area contributed by atoms with Crippen LogP contribution in [0.25, 0.3) is 10.8 Å². The number of phenolic OH excluding ortho intramolecular Hbond substituents is 1. The Balaban J connectivity index is 1.14. The van der Waals surface area contributed by atoms with E-state index in [9.17, 15) is 58.2 Å². The third-order valence-electron chi connectivity index (χ3n) is 16.1. The van der Waals surface area contributed by atoms with Gasteiger partial charge in [-0.05, 0) is 73.7 Å². The maximum atomic E-state index is 14.9. The maximum absolute atomic E-state index is 14.9. The lowest BCUT2D eigenvalue weighted by atomic mass is 9.94. The Bertz CT molecular complexity index is 3030. The van der Waals surface area contributed by atoms with Gasteiger partial charge in [-0.1, -0.05) is 73.7 Å². The van der Waals surface area contributed by atoms with Crippen molar-refractivity contribution in [2.75, 3.05) is 145 Å². The normalized spacial score (nSPS) is 19.9. The van der Waals surface area contributed by atoms with Crippen molar-refractivity contribution in [3.8, 4) is 5.75 Å². The Kier molecular flexibility index (Phi) is 32.4. The number of nitrogens with one attached hydrogen (secondary N) is 6. The fraction of sp³-hybridized carbons (Fsp3) is 0.547. The third-order valence-corrected chi connectivity index (χ3v) is 16.1. The van der Waals surface area contributed by atoms with Gasteiger partial charge in [-0.2, -0.15) is 0 Å². The topological polar surface area (TPSA) is 412 Å². The lowest BCUT2D eigenvalue weighted by Gasteiger charge is -2.46. The van der Waals surface area contributed by atoms with Crippen LogP contribution >= 0.6 is 0 Å². The Morgan fingerprint density at radius 2 is 1.32 bits per heavy atom. The van der Waals surface area contributed by atoms with Crippen LogP contribution in [0, 0.1) is 0 Å². The number of aromatic hydroxyl groups is 1. The number of carboxylic acid groups (broad SMARTS) is 1. The molecule has 14 N–H and O–H groups in total. The zero-order valence-electron chi connectivity index (χ0n) is 54.3. The summed E-state index contributed by atoms with van der Waals surface area (Å²) in [6.07, 6.45) is 0.610. The van der Waals surface area contributed by atoms with Crippen LogP contribution in [0.15, 0.2) is 83.9 Å². The Hall–Kier alpha value is -8.49. The monoisotopic (exact) mass is 1310 g/mol. The number of benzene rings is 3. The number of phenols is 1. The number of carbonyl (C=O) groups is 10. The molecule has 30 heteroatoms. The second-order valence-electron chi connectivity index (χ2n) is 23.5. The third kappa shape index (κ3) is 26.5. The molecule has 2 aliphatic heterocycles. The van der Waals surface area contributed by atoms with Crippen molar-refractivity contribution in [3.63, 3.8) is 0 Å². The van der Waals surface area contributed by atoms with Crippen LogP contribution in [-0.4, -0.2) is 274 Å². The molecule has 4 atom stereocenters. The molecule has 3 aromatic carbocycles. The SMILES string of the molecule is C=C(C)CN1CCN(CC(=O)CC)CCN(CC(=O)O)CCN(CC(=O)NCCOCCOCC(=O)NCC(=O)NCCCC2C(=O)NC(CCCN=C(N)N)C(=O)NC(Cc3ccc4ccccc4c3)C(=O)NCC(=O)N(N)C(C=O)(Cc3ccc(O)cc3)N2C)CC1. The van der Waals surface area contributed by atoms with E-state index in [0.717, 1.165) is 16.3 Å². The highest BCUT2D eigenvalue weighted by Gasteiger charge is 2.47. The molecule has 0 radical (unpaired) electrons. The fourth-order valence-corrected chi connectivity index (χ4v) is 10.8. The number of aliphatic imine (C=N–C) groups is 1. The molecule has 30 nitrogen and oxygen atoms in total. The summed E-state index contributed by atoms with van der Waals surface area (Å²) in [4.78, 5) is 148. The van der Waals surface area contributed by atoms with Crippen molar-refractivity contribution >= 4 is 76.1 Å². The van der Waals surface area contributed by atoms with Gasteiger partial charge in [0.15, 0.2) is 17.9 Å². The fourth-order valence-electron chi connectivity index (χ4n) is 10.8. The van der Waals surface area contributed by atoms with Gasteiger partial charge < -0.3 is 63.1 Å². The predicted molar refractivity (Wildman–Crippen MR) is 351 cm³/mol. The average molecular weight is 1310 g/mol. The molecular weight excluding hydrogens is 1220 g/mol. The Labute approximate surface area is 548 Å². The van der Waals surface area contributed by atoms with E-state index in [-0.39, 0.29) is 114 Å². The number of hydrogen-bond donors (Lipinski definition) is 11. The molecule has 5 rings (SSSR count). The first kappa shape index (κ1) is 76.2. The number of aldehydes is 1. The number of Topliss-reactive ketones (excluding diaryl/α,β-unsaturated/α-hetero) is 1. The number of rotatable bonds is 32. The van der Waals surface area contributed by atoms with E-state index in [1.54, 1.807) is 6.07 Å². The molecule has 2 fully saturated rings. The van der Waals surface area contributed by atoms with E-state index in [1.807, 2.05) is 60.0 Å². The van der Waals surface area contributed by atoms with Gasteiger partial charge in [-0.25, -0.2) is 5.84 Å². The summed E-state index contributed by atoms with van der Waals surface area (Å²) in [7, 11) is 1.39. The molecule has 0 aliphatic carbocycles. The van der Waals surface area contributed by atoms with Gasteiger partial charge in [-0.15, -0.1) is 0 Å². The summed E-state index contributed by atoms with van der Waals surface area (Å²) in [6, 6.07) is 14.9. The summed E-state index contributed by atoms with van der Waals surface area (Å²) >= 11 is 0. The van der Waals surface area contributed by atoms with Crippen molar-refractivity contribution in [2.24, 2.45) is 22.3 Å². The number of carbonyl (C=O) groups excluding carboxylic acids is 9. The van der Waals surface area contributed by atoms with Crippen molar-refractivity contribution in [2.45, 2.75) is 82.6 Å². The van der Waals surface area contributed by atoms with Gasteiger partial charge in [0.2, 0.25) is 35.4 Å². The Morgan fingerprint density at radius 1 is 0.713 bits per heavy atom. The molecule has 3 aromatic rings. The second kappa shape index (κ2) is 39.9. The van der Waals surface area contributed by atoms with E-state index in [2.05, 4.69) is 53.3 Å². The minimum absolute atomic E-state index is 0.0178. The number of amides is 7. The molecule has 94 heavy (non-hydrogen) atoms. The van der Waals surface area contributed by atoms with E-state index in [4.69, 9.17) is 26.8 Å². The zero-order chi connectivity index (χ0) is 68.6. The van der Waals surface area contributed by atoms with Crippen molar-refractivity contribution in [3.05, 3.63) is 90.0 Å². The smallest absolute Gasteiger partial charge is 0.317 e. The van der Waals surface area contributed by atoms with E-state index in [0.29, 0.717) is 94.3 Å². The minimum atomic E-state index is -2.15. The highest BCUT2D eigenvalue weighted by molar-refractivity contribution is 5.95. The lowest BCUT2D eigenvalue weighted by molar-refractivity contribution is -0.159. The summed E-state index contributed by atoms with van der Waals surface area (Å²) in [6.45, 7) is 11.9. The zero-order valence-corrected chi connectivity index (χ0v) is 54.3. The summed E-state index contributed by atoms with van der Waals surface area (Å²) in [5, 5.41) is 38.4. The van der Waals surface area contributed by atoms with Crippen molar-refractivity contribution in [1.82, 2.24) is 61.4 Å². The number of carboxylic acids is 1. The van der Waals surface area contributed by atoms with Gasteiger partial charge >= 0.3 is 5.97 Å². The van der Waals surface area contributed by atoms with Gasteiger partial charge in [-0.3, -0.25) is 82.4 Å². The van der Waals surface area contributed by atoms with Gasteiger partial charge in [0.05, 0.1) is 58.6 Å². The Morgan fingerprint density at radius 3 is 1.96 bits per heavy atom. The molecule has 516 valence electrons. The van der Waals surface area contributed by atoms with E-state index >= 15 is 0 Å². The quantitative estimate of drug-likeness (QED) is 0.00581. The van der Waals surface area contributed by atoms with Gasteiger partial charge in [0.25, 0.3) is 5.91 Å². The summed E-state index contributed by atoms with van der Waals surface area (Å²) in [5.74, 6) is 0.879. The number of guanidine groups is 1. The number of likely N-dealkylation sites (N-methyl/N-ethyl adjacent to an activating group) is 1. The number of ketones is 1. The number of fused-ring (bicyclic) bond motifs is 1. The van der Waals surface area contributed by atoms with Crippen LogP contribution in [0.2, 0.25) is 0 Å².